The average Bonchev–Trinajstić information content (AvgIpc) is 2.43. The quantitative estimate of drug-likeness (QED) is 0.771. The third-order valence-corrected chi connectivity index (χ3v) is 3.60. The number of ether oxygens (including phenoxy) is 1. The zero-order chi connectivity index (χ0) is 15.7. The van der Waals surface area contributed by atoms with Gasteiger partial charge in [-0.2, -0.15) is 0 Å². The molecule has 1 aromatic heterocycles. The zero-order valence-electron chi connectivity index (χ0n) is 12.9. The van der Waals surface area contributed by atoms with Crippen LogP contribution in [0.3, 0.4) is 0 Å². The van der Waals surface area contributed by atoms with Crippen molar-refractivity contribution in [3.05, 3.63) is 40.8 Å². The molecular formula is C17H18FNO2. The third kappa shape index (κ3) is 2.79. The number of esters is 1. The van der Waals surface area contributed by atoms with Gasteiger partial charge >= 0.3 is 5.97 Å². The summed E-state index contributed by atoms with van der Waals surface area (Å²) in [6, 6.07) is 3.27. The van der Waals surface area contributed by atoms with Gasteiger partial charge in [0, 0.05) is 23.6 Å². The van der Waals surface area contributed by atoms with Crippen LogP contribution in [-0.4, -0.2) is 11.0 Å². The Bertz CT molecular complexity index is 763. The maximum absolute atomic E-state index is 14.3. The minimum absolute atomic E-state index is 0.224. The van der Waals surface area contributed by atoms with Crippen molar-refractivity contribution in [3.63, 3.8) is 0 Å². The first-order chi connectivity index (χ1) is 9.85. The van der Waals surface area contributed by atoms with Gasteiger partial charge in [0.1, 0.15) is 17.1 Å². The number of hydrogen-bond acceptors (Lipinski definition) is 3. The molecule has 0 fully saturated rings. The smallest absolute Gasteiger partial charge is 0.308 e. The molecule has 0 amide bonds. The molecule has 110 valence electrons. The number of benzene rings is 1. The van der Waals surface area contributed by atoms with Crippen LogP contribution in [0.1, 0.15) is 37.6 Å². The molecule has 0 spiro atoms. The van der Waals surface area contributed by atoms with Gasteiger partial charge in [-0.25, -0.2) is 9.37 Å². The first kappa shape index (κ1) is 15.2. The summed E-state index contributed by atoms with van der Waals surface area (Å²) in [7, 11) is 0. The van der Waals surface area contributed by atoms with E-state index in [9.17, 15) is 9.18 Å². The molecule has 0 saturated heterocycles. The monoisotopic (exact) mass is 287 g/mol. The van der Waals surface area contributed by atoms with E-state index in [1.165, 1.54) is 13.0 Å². The van der Waals surface area contributed by atoms with Crippen molar-refractivity contribution < 1.29 is 13.9 Å². The number of fused-ring (bicyclic) bond motifs is 1. The molecule has 0 aliphatic heterocycles. The fourth-order valence-electron chi connectivity index (χ4n) is 2.17. The van der Waals surface area contributed by atoms with E-state index < -0.39 is 11.8 Å². The van der Waals surface area contributed by atoms with Gasteiger partial charge in [-0.1, -0.05) is 6.08 Å². The maximum Gasteiger partial charge on any atom is 0.308 e. The Morgan fingerprint density at radius 1 is 1.29 bits per heavy atom. The Morgan fingerprint density at radius 3 is 2.52 bits per heavy atom. The molecule has 3 nitrogen and oxygen atoms in total. The Balaban J connectivity index is 2.87. The second-order valence-electron chi connectivity index (χ2n) is 5.07. The first-order valence-electron chi connectivity index (χ1n) is 6.77. The third-order valence-electron chi connectivity index (χ3n) is 3.60. The highest BCUT2D eigenvalue weighted by Crippen LogP contribution is 2.34. The molecule has 0 aliphatic rings. The van der Waals surface area contributed by atoms with Crippen molar-refractivity contribution in [1.29, 1.82) is 0 Å². The SMILES string of the molecule is C/C=C(/C)c1cc(F)c2nc(C)c(C)c(OC(C)=O)c2c1. The number of carbonyl (C=O) groups is 1. The zero-order valence-corrected chi connectivity index (χ0v) is 12.9. The number of pyridine rings is 1. The predicted molar refractivity (Wildman–Crippen MR) is 81.8 cm³/mol. The minimum Gasteiger partial charge on any atom is -0.426 e. The molecule has 0 unspecified atom stereocenters. The van der Waals surface area contributed by atoms with Gasteiger partial charge in [-0.05, 0) is 51.0 Å². The number of rotatable bonds is 2. The molecule has 1 heterocycles. The molecule has 0 radical (unpaired) electrons. The molecular weight excluding hydrogens is 269 g/mol. The van der Waals surface area contributed by atoms with Crippen molar-refractivity contribution in [2.75, 3.05) is 0 Å². The van der Waals surface area contributed by atoms with Crippen LogP contribution in [0, 0.1) is 19.7 Å². The molecule has 0 saturated carbocycles. The topological polar surface area (TPSA) is 39.2 Å². The Morgan fingerprint density at radius 2 is 1.95 bits per heavy atom. The molecule has 1 aromatic carbocycles. The van der Waals surface area contributed by atoms with Crippen molar-refractivity contribution in [2.24, 2.45) is 0 Å². The lowest BCUT2D eigenvalue weighted by Crippen LogP contribution is -2.06. The average molecular weight is 287 g/mol. The van der Waals surface area contributed by atoms with Gasteiger partial charge in [0.2, 0.25) is 0 Å². The lowest BCUT2D eigenvalue weighted by Gasteiger charge is -2.13. The van der Waals surface area contributed by atoms with Crippen molar-refractivity contribution in [3.8, 4) is 5.75 Å². The van der Waals surface area contributed by atoms with Crippen LogP contribution >= 0.6 is 0 Å². The number of aryl methyl sites for hydroxylation is 1. The minimum atomic E-state index is -0.432. The summed E-state index contributed by atoms with van der Waals surface area (Å²) >= 11 is 0. The molecule has 21 heavy (non-hydrogen) atoms. The summed E-state index contributed by atoms with van der Waals surface area (Å²) < 4.78 is 19.6. The number of nitrogens with zero attached hydrogens (tertiary/aromatic N) is 1. The highest BCUT2D eigenvalue weighted by atomic mass is 19.1. The summed E-state index contributed by atoms with van der Waals surface area (Å²) in [6.07, 6.45) is 1.90. The van der Waals surface area contributed by atoms with Crippen molar-refractivity contribution in [2.45, 2.75) is 34.6 Å². The maximum atomic E-state index is 14.3. The van der Waals surface area contributed by atoms with E-state index in [4.69, 9.17) is 4.74 Å². The number of halogens is 1. The van der Waals surface area contributed by atoms with Crippen LogP contribution in [0.2, 0.25) is 0 Å². The second kappa shape index (κ2) is 5.64. The molecule has 0 N–H and O–H groups in total. The van der Waals surface area contributed by atoms with E-state index in [0.717, 1.165) is 16.7 Å². The van der Waals surface area contributed by atoms with Crippen LogP contribution in [-0.2, 0) is 4.79 Å². The van der Waals surface area contributed by atoms with Crippen LogP contribution in [0.25, 0.3) is 16.5 Å². The highest BCUT2D eigenvalue weighted by molar-refractivity contribution is 5.92. The lowest BCUT2D eigenvalue weighted by molar-refractivity contribution is -0.131. The second-order valence-corrected chi connectivity index (χ2v) is 5.07. The summed E-state index contributed by atoms with van der Waals surface area (Å²) in [5, 5.41) is 0.518. The summed E-state index contributed by atoms with van der Waals surface area (Å²) in [4.78, 5) is 15.6. The number of hydrogen-bond donors (Lipinski definition) is 0. The van der Waals surface area contributed by atoms with Crippen LogP contribution in [0.15, 0.2) is 18.2 Å². The highest BCUT2D eigenvalue weighted by Gasteiger charge is 2.16. The number of aromatic nitrogens is 1. The molecule has 0 aliphatic carbocycles. The Labute approximate surface area is 123 Å². The van der Waals surface area contributed by atoms with Gasteiger partial charge in [0.05, 0.1) is 0 Å². The van der Waals surface area contributed by atoms with Crippen molar-refractivity contribution >= 4 is 22.4 Å². The first-order valence-corrected chi connectivity index (χ1v) is 6.77. The van der Waals surface area contributed by atoms with Gasteiger partial charge < -0.3 is 4.74 Å². The van der Waals surface area contributed by atoms with Gasteiger partial charge in [-0.15, -0.1) is 0 Å². The standard InChI is InChI=1S/C17H18FNO2/c1-6-9(2)13-7-14-16(15(18)8-13)19-11(4)10(3)17(14)21-12(5)20/h6-8H,1-5H3/b9-6-. The largest absolute Gasteiger partial charge is 0.426 e. The molecule has 4 heteroatoms. The van der Waals surface area contributed by atoms with E-state index in [-0.39, 0.29) is 5.52 Å². The molecule has 0 bridgehead atoms. The van der Waals surface area contributed by atoms with Gasteiger partial charge in [0.15, 0.2) is 0 Å². The number of allylic oxidation sites excluding steroid dienone is 2. The van der Waals surface area contributed by atoms with Crippen molar-refractivity contribution in [1.82, 2.24) is 4.98 Å². The fraction of sp³-hybridized carbons (Fsp3) is 0.294. The Kier molecular flexibility index (Phi) is 4.07. The Hall–Kier alpha value is -2.23. The number of carbonyl (C=O) groups excluding carboxylic acids is 1. The molecule has 2 rings (SSSR count). The van der Waals surface area contributed by atoms with Crippen LogP contribution < -0.4 is 4.74 Å². The van der Waals surface area contributed by atoms with E-state index in [1.807, 2.05) is 32.9 Å². The van der Waals surface area contributed by atoms with E-state index in [2.05, 4.69) is 4.98 Å². The predicted octanol–water partition coefficient (Wildman–Crippen LogP) is 4.34. The van der Waals surface area contributed by atoms with E-state index in [0.29, 0.717) is 16.8 Å². The fourth-order valence-corrected chi connectivity index (χ4v) is 2.17. The van der Waals surface area contributed by atoms with Crippen LogP contribution in [0.4, 0.5) is 4.39 Å². The molecule has 2 aromatic rings. The van der Waals surface area contributed by atoms with Crippen LogP contribution in [0.5, 0.6) is 5.75 Å². The van der Waals surface area contributed by atoms with E-state index >= 15 is 0 Å². The van der Waals surface area contributed by atoms with Gasteiger partial charge in [-0.3, -0.25) is 4.79 Å². The normalized spacial score (nSPS) is 11.8. The lowest BCUT2D eigenvalue weighted by atomic mass is 10.0. The van der Waals surface area contributed by atoms with E-state index in [1.54, 1.807) is 6.92 Å². The summed E-state index contributed by atoms with van der Waals surface area (Å²) in [6.45, 7) is 8.71. The summed E-state index contributed by atoms with van der Waals surface area (Å²) in [5.74, 6) is -0.464. The van der Waals surface area contributed by atoms with Gasteiger partial charge in [0.25, 0.3) is 0 Å². The summed E-state index contributed by atoms with van der Waals surface area (Å²) in [5.41, 5.74) is 3.31. The molecule has 0 atom stereocenters.